The van der Waals surface area contributed by atoms with Gasteiger partial charge in [-0.2, -0.15) is 11.8 Å². The topological polar surface area (TPSA) is 50.4 Å². The molecule has 1 aromatic rings. The number of benzene rings is 1. The number of carbonyl (C=O) groups excluding carboxylic acids is 1. The number of ether oxygens (including phenoxy) is 1. The molecule has 1 atom stereocenters. The lowest BCUT2D eigenvalue weighted by atomic mass is 10.1. The second kappa shape index (κ2) is 6.56. The fourth-order valence-corrected chi connectivity index (χ4v) is 3.00. The van der Waals surface area contributed by atoms with Gasteiger partial charge in [0, 0.05) is 11.3 Å². The molecule has 116 valence electrons. The fraction of sp³-hybridized carbons (Fsp3) is 0.533. The van der Waals surface area contributed by atoms with E-state index in [2.05, 4.69) is 16.9 Å². The highest BCUT2D eigenvalue weighted by Gasteiger charge is 2.42. The van der Waals surface area contributed by atoms with Crippen LogP contribution in [-0.2, 0) is 0 Å². The summed E-state index contributed by atoms with van der Waals surface area (Å²) in [5.74, 6) is 0.0514. The van der Waals surface area contributed by atoms with Crippen molar-refractivity contribution in [3.63, 3.8) is 0 Å². The largest absolute Gasteiger partial charge is 0.496 e. The van der Waals surface area contributed by atoms with Gasteiger partial charge in [-0.1, -0.05) is 6.07 Å². The van der Waals surface area contributed by atoms with Crippen molar-refractivity contribution >= 4 is 17.8 Å². The first-order valence-corrected chi connectivity index (χ1v) is 8.16. The highest BCUT2D eigenvalue weighted by atomic mass is 32.2. The fourth-order valence-electron chi connectivity index (χ4n) is 2.27. The number of hydrogen-bond acceptors (Lipinski definition) is 3. The number of halogens is 1. The molecule has 0 heterocycles. The minimum atomic E-state index is -0.467. The molecule has 1 aliphatic rings. The van der Waals surface area contributed by atoms with Crippen molar-refractivity contribution in [1.82, 2.24) is 10.6 Å². The molecule has 1 aliphatic carbocycles. The number of hydrogen-bond donors (Lipinski definition) is 2. The average Bonchev–Trinajstić information content (AvgIpc) is 3.25. The lowest BCUT2D eigenvalue weighted by molar-refractivity contribution is 0.237. The minimum absolute atomic E-state index is 0.205. The number of nitrogens with one attached hydrogen (secondary N) is 2. The van der Waals surface area contributed by atoms with Crippen LogP contribution < -0.4 is 15.4 Å². The molecule has 2 N–H and O–H groups in total. The summed E-state index contributed by atoms with van der Waals surface area (Å²) in [6.07, 6.45) is 4.32. The van der Waals surface area contributed by atoms with Crippen LogP contribution in [0.3, 0.4) is 0 Å². The molecule has 21 heavy (non-hydrogen) atoms. The van der Waals surface area contributed by atoms with Gasteiger partial charge in [0.15, 0.2) is 0 Å². The van der Waals surface area contributed by atoms with Crippen molar-refractivity contribution in [2.45, 2.75) is 30.6 Å². The van der Waals surface area contributed by atoms with Crippen LogP contribution >= 0.6 is 11.8 Å². The maximum absolute atomic E-state index is 13.9. The molecular weight excluding hydrogens is 291 g/mol. The van der Waals surface area contributed by atoms with E-state index in [0.717, 1.165) is 12.8 Å². The number of amides is 2. The molecule has 0 aliphatic heterocycles. The van der Waals surface area contributed by atoms with E-state index in [9.17, 15) is 9.18 Å². The molecule has 4 nitrogen and oxygen atoms in total. The Morgan fingerprint density at radius 1 is 1.52 bits per heavy atom. The van der Waals surface area contributed by atoms with Crippen LogP contribution in [0.1, 0.15) is 31.4 Å². The predicted octanol–water partition coefficient (Wildman–Crippen LogP) is 3.09. The van der Waals surface area contributed by atoms with E-state index in [1.165, 1.54) is 13.2 Å². The van der Waals surface area contributed by atoms with Gasteiger partial charge >= 0.3 is 6.03 Å². The lowest BCUT2D eigenvalue weighted by Gasteiger charge is -2.19. The van der Waals surface area contributed by atoms with E-state index in [1.807, 2.05) is 0 Å². The molecule has 1 aromatic carbocycles. The molecule has 1 saturated carbocycles. The molecule has 1 fully saturated rings. The standard InChI is InChI=1S/C15H21FN2O2S/c1-10(13-11(16)5-4-6-12(13)20-2)18-14(19)17-9-15(21-3)7-8-15/h4-6,10H,7-9H2,1-3H3,(H2,17,18,19)/t10-/m0/s1. The lowest BCUT2D eigenvalue weighted by Crippen LogP contribution is -2.40. The molecule has 2 rings (SSSR count). The Kier molecular flexibility index (Phi) is 4.98. The summed E-state index contributed by atoms with van der Waals surface area (Å²) in [5, 5.41) is 5.62. The van der Waals surface area contributed by atoms with Gasteiger partial charge in [0.05, 0.1) is 18.7 Å². The van der Waals surface area contributed by atoms with Crippen LogP contribution in [0.5, 0.6) is 5.75 Å². The summed E-state index contributed by atoms with van der Waals surface area (Å²) in [6, 6.07) is 3.88. The van der Waals surface area contributed by atoms with Crippen molar-refractivity contribution in [3.8, 4) is 5.75 Å². The molecule has 0 saturated heterocycles. The highest BCUT2D eigenvalue weighted by molar-refractivity contribution is 8.00. The Hall–Kier alpha value is -1.43. The van der Waals surface area contributed by atoms with Crippen LogP contribution in [0.25, 0.3) is 0 Å². The van der Waals surface area contributed by atoms with E-state index in [4.69, 9.17) is 4.74 Å². The molecule has 0 unspecified atom stereocenters. The first-order valence-electron chi connectivity index (χ1n) is 6.93. The van der Waals surface area contributed by atoms with Crippen LogP contribution in [0.2, 0.25) is 0 Å². The van der Waals surface area contributed by atoms with Gasteiger partial charge in [-0.15, -0.1) is 0 Å². The smallest absolute Gasteiger partial charge is 0.315 e. The molecule has 2 amide bonds. The monoisotopic (exact) mass is 312 g/mol. The molecule has 0 spiro atoms. The summed E-state index contributed by atoms with van der Waals surface area (Å²) in [4.78, 5) is 11.9. The SMILES string of the molecule is COc1cccc(F)c1[C@H](C)NC(=O)NCC1(SC)CC1. The van der Waals surface area contributed by atoms with Gasteiger partial charge in [-0.05, 0) is 38.2 Å². The van der Waals surface area contributed by atoms with Gasteiger partial charge in [0.25, 0.3) is 0 Å². The van der Waals surface area contributed by atoms with Crippen molar-refractivity contribution in [3.05, 3.63) is 29.6 Å². The van der Waals surface area contributed by atoms with Crippen molar-refractivity contribution < 1.29 is 13.9 Å². The van der Waals surface area contributed by atoms with Gasteiger partial charge < -0.3 is 15.4 Å². The zero-order valence-corrected chi connectivity index (χ0v) is 13.3. The van der Waals surface area contributed by atoms with Gasteiger partial charge in [-0.25, -0.2) is 9.18 Å². The third-order valence-corrected chi connectivity index (χ3v) is 5.24. The van der Waals surface area contributed by atoms with E-state index >= 15 is 0 Å². The van der Waals surface area contributed by atoms with Crippen molar-refractivity contribution in [1.29, 1.82) is 0 Å². The maximum atomic E-state index is 13.9. The second-order valence-electron chi connectivity index (χ2n) is 5.29. The van der Waals surface area contributed by atoms with E-state index in [-0.39, 0.29) is 16.6 Å². The Bertz CT molecular complexity index is 520. The zero-order chi connectivity index (χ0) is 15.5. The van der Waals surface area contributed by atoms with Crippen LogP contribution in [0.4, 0.5) is 9.18 Å². The van der Waals surface area contributed by atoms with Gasteiger partial charge in [0.2, 0.25) is 0 Å². The Morgan fingerprint density at radius 3 is 2.81 bits per heavy atom. The third kappa shape index (κ3) is 3.81. The number of urea groups is 1. The number of methoxy groups -OCH3 is 1. The van der Waals surface area contributed by atoms with Crippen molar-refractivity contribution in [2.75, 3.05) is 19.9 Å². The summed E-state index contributed by atoms with van der Waals surface area (Å²) >= 11 is 1.78. The molecular formula is C15H21FN2O2S. The van der Waals surface area contributed by atoms with E-state index < -0.39 is 6.04 Å². The quantitative estimate of drug-likeness (QED) is 0.848. The Morgan fingerprint density at radius 2 is 2.24 bits per heavy atom. The minimum Gasteiger partial charge on any atom is -0.496 e. The zero-order valence-electron chi connectivity index (χ0n) is 12.5. The maximum Gasteiger partial charge on any atom is 0.315 e. The Balaban J connectivity index is 1.94. The average molecular weight is 312 g/mol. The van der Waals surface area contributed by atoms with Crippen LogP contribution in [0, 0.1) is 5.82 Å². The van der Waals surface area contributed by atoms with Crippen LogP contribution in [0.15, 0.2) is 18.2 Å². The first-order chi connectivity index (χ1) is 10.0. The molecule has 0 radical (unpaired) electrons. The summed E-state index contributed by atoms with van der Waals surface area (Å²) in [7, 11) is 1.49. The van der Waals surface area contributed by atoms with Gasteiger partial charge in [-0.3, -0.25) is 0 Å². The molecule has 6 heteroatoms. The van der Waals surface area contributed by atoms with Gasteiger partial charge in [0.1, 0.15) is 11.6 Å². The molecule has 0 aromatic heterocycles. The number of thioether (sulfide) groups is 1. The van der Waals surface area contributed by atoms with Crippen LogP contribution in [-0.4, -0.2) is 30.7 Å². The highest BCUT2D eigenvalue weighted by Crippen LogP contribution is 2.46. The summed E-state index contributed by atoms with van der Waals surface area (Å²) in [6.45, 7) is 2.38. The van der Waals surface area contributed by atoms with Crippen molar-refractivity contribution in [2.24, 2.45) is 0 Å². The number of carbonyl (C=O) groups is 1. The Labute approximate surface area is 128 Å². The third-order valence-electron chi connectivity index (χ3n) is 3.83. The second-order valence-corrected chi connectivity index (χ2v) is 6.57. The molecule has 0 bridgehead atoms. The first kappa shape index (κ1) is 15.9. The number of rotatable bonds is 6. The predicted molar refractivity (Wildman–Crippen MR) is 83.4 cm³/mol. The normalized spacial score (nSPS) is 17.0. The van der Waals surface area contributed by atoms with E-state index in [0.29, 0.717) is 17.9 Å². The van der Waals surface area contributed by atoms with E-state index in [1.54, 1.807) is 30.8 Å². The summed E-state index contributed by atoms with van der Waals surface area (Å²) < 4.78 is 19.3. The summed E-state index contributed by atoms with van der Waals surface area (Å²) in [5.41, 5.74) is 0.362.